The van der Waals surface area contributed by atoms with Gasteiger partial charge in [0.15, 0.2) is 0 Å². The van der Waals surface area contributed by atoms with Crippen molar-refractivity contribution in [3.63, 3.8) is 0 Å². The molecule has 2 aromatic rings. The predicted molar refractivity (Wildman–Crippen MR) is 80.4 cm³/mol. The number of nitrogens with zero attached hydrogens (tertiary/aromatic N) is 1. The Morgan fingerprint density at radius 3 is 2.50 bits per heavy atom. The van der Waals surface area contributed by atoms with Crippen molar-refractivity contribution < 1.29 is 4.79 Å². The first-order chi connectivity index (χ1) is 9.65. The Hall–Kier alpha value is -2.07. The highest BCUT2D eigenvalue weighted by Crippen LogP contribution is 2.15. The molecule has 20 heavy (non-hydrogen) atoms. The van der Waals surface area contributed by atoms with Gasteiger partial charge in [-0.1, -0.05) is 36.8 Å². The lowest BCUT2D eigenvalue weighted by atomic mass is 10.1. The van der Waals surface area contributed by atoms with Crippen LogP contribution in [-0.4, -0.2) is 10.5 Å². The van der Waals surface area contributed by atoms with Gasteiger partial charge < -0.3 is 4.57 Å². The van der Waals surface area contributed by atoms with E-state index in [1.807, 2.05) is 16.7 Å². The highest BCUT2D eigenvalue weighted by Gasteiger charge is 2.13. The van der Waals surface area contributed by atoms with Crippen molar-refractivity contribution in [1.82, 2.24) is 9.99 Å². The minimum atomic E-state index is -0.242. The fourth-order valence-corrected chi connectivity index (χ4v) is 2.34. The first-order valence-electron chi connectivity index (χ1n) is 6.90. The largest absolute Gasteiger partial charge is 0.340 e. The average molecular weight is 271 g/mol. The van der Waals surface area contributed by atoms with Gasteiger partial charge in [-0.25, -0.2) is 5.84 Å². The van der Waals surface area contributed by atoms with E-state index in [1.54, 1.807) is 0 Å². The minimum absolute atomic E-state index is 0.242. The van der Waals surface area contributed by atoms with Gasteiger partial charge in [0, 0.05) is 18.7 Å². The molecular formula is C16H21N3O. The second-order valence-electron chi connectivity index (χ2n) is 5.00. The second-order valence-corrected chi connectivity index (χ2v) is 5.00. The summed E-state index contributed by atoms with van der Waals surface area (Å²) in [7, 11) is 0. The standard InChI is InChI=1S/C16H21N3O/c1-3-10-19-14(8-9-15(19)16(20)18-17)11-13-6-4-12(2)5-7-13/h4-9H,3,10-11,17H2,1-2H3,(H,18,20). The number of hydrogen-bond acceptors (Lipinski definition) is 2. The third kappa shape index (κ3) is 3.08. The zero-order valence-electron chi connectivity index (χ0n) is 12.0. The van der Waals surface area contributed by atoms with Crippen LogP contribution in [0.5, 0.6) is 0 Å². The van der Waals surface area contributed by atoms with Gasteiger partial charge in [-0.3, -0.25) is 10.2 Å². The topological polar surface area (TPSA) is 60.0 Å². The molecule has 2 rings (SSSR count). The lowest BCUT2D eigenvalue weighted by molar-refractivity contribution is 0.0944. The molecule has 1 heterocycles. The molecule has 3 N–H and O–H groups in total. The molecule has 4 heteroatoms. The molecule has 0 aliphatic rings. The third-order valence-electron chi connectivity index (χ3n) is 3.39. The highest BCUT2D eigenvalue weighted by molar-refractivity contribution is 5.92. The maximum atomic E-state index is 11.8. The summed E-state index contributed by atoms with van der Waals surface area (Å²) >= 11 is 0. The van der Waals surface area contributed by atoms with Crippen molar-refractivity contribution in [2.75, 3.05) is 0 Å². The lowest BCUT2D eigenvalue weighted by Gasteiger charge is -2.12. The number of amides is 1. The summed E-state index contributed by atoms with van der Waals surface area (Å²) in [4.78, 5) is 11.8. The third-order valence-corrected chi connectivity index (χ3v) is 3.39. The number of carbonyl (C=O) groups excluding carboxylic acids is 1. The van der Waals surface area contributed by atoms with E-state index < -0.39 is 0 Å². The Balaban J connectivity index is 2.29. The van der Waals surface area contributed by atoms with E-state index in [0.717, 1.165) is 25.1 Å². The number of rotatable bonds is 5. The average Bonchev–Trinajstić information content (AvgIpc) is 2.84. The van der Waals surface area contributed by atoms with Gasteiger partial charge in [0.05, 0.1) is 0 Å². The van der Waals surface area contributed by atoms with Gasteiger partial charge in [0.2, 0.25) is 0 Å². The van der Waals surface area contributed by atoms with Crippen LogP contribution in [0.1, 0.15) is 40.7 Å². The van der Waals surface area contributed by atoms with E-state index in [4.69, 9.17) is 5.84 Å². The van der Waals surface area contributed by atoms with Crippen LogP contribution >= 0.6 is 0 Å². The maximum absolute atomic E-state index is 11.8. The van der Waals surface area contributed by atoms with Gasteiger partial charge >= 0.3 is 0 Å². The molecule has 0 radical (unpaired) electrons. The number of nitrogen functional groups attached to an aromatic ring is 1. The van der Waals surface area contributed by atoms with Crippen molar-refractivity contribution in [2.24, 2.45) is 5.84 Å². The summed E-state index contributed by atoms with van der Waals surface area (Å²) < 4.78 is 2.04. The fourth-order valence-electron chi connectivity index (χ4n) is 2.34. The molecule has 0 atom stereocenters. The number of aromatic nitrogens is 1. The summed E-state index contributed by atoms with van der Waals surface area (Å²) in [5.41, 5.74) is 6.45. The Morgan fingerprint density at radius 1 is 1.20 bits per heavy atom. The van der Waals surface area contributed by atoms with E-state index in [0.29, 0.717) is 5.69 Å². The SMILES string of the molecule is CCCn1c(Cc2ccc(C)cc2)ccc1C(=O)NN. The Morgan fingerprint density at radius 2 is 1.90 bits per heavy atom. The van der Waals surface area contributed by atoms with E-state index in [9.17, 15) is 4.79 Å². The maximum Gasteiger partial charge on any atom is 0.281 e. The first kappa shape index (κ1) is 14.3. The van der Waals surface area contributed by atoms with Crippen LogP contribution in [0.4, 0.5) is 0 Å². The smallest absolute Gasteiger partial charge is 0.281 e. The van der Waals surface area contributed by atoms with Crippen molar-refractivity contribution >= 4 is 5.91 Å². The van der Waals surface area contributed by atoms with Crippen LogP contribution < -0.4 is 11.3 Å². The fraction of sp³-hybridized carbons (Fsp3) is 0.312. The van der Waals surface area contributed by atoms with E-state index in [2.05, 4.69) is 43.5 Å². The number of nitrogens with one attached hydrogen (secondary N) is 1. The quantitative estimate of drug-likeness (QED) is 0.498. The lowest BCUT2D eigenvalue weighted by Crippen LogP contribution is -2.32. The molecule has 106 valence electrons. The van der Waals surface area contributed by atoms with Crippen LogP contribution in [0, 0.1) is 6.92 Å². The second kappa shape index (κ2) is 6.39. The summed E-state index contributed by atoms with van der Waals surface area (Å²) in [5.74, 6) is 4.99. The molecule has 1 aromatic carbocycles. The summed E-state index contributed by atoms with van der Waals surface area (Å²) in [6.45, 7) is 4.99. The van der Waals surface area contributed by atoms with E-state index >= 15 is 0 Å². The zero-order valence-corrected chi connectivity index (χ0v) is 12.0. The van der Waals surface area contributed by atoms with E-state index in [1.165, 1.54) is 11.1 Å². The van der Waals surface area contributed by atoms with Crippen molar-refractivity contribution in [3.8, 4) is 0 Å². The number of hydrazine groups is 1. The minimum Gasteiger partial charge on any atom is -0.340 e. The predicted octanol–water partition coefficient (Wildman–Crippen LogP) is 2.40. The molecule has 0 bridgehead atoms. The van der Waals surface area contributed by atoms with Crippen LogP contribution in [0.3, 0.4) is 0 Å². The van der Waals surface area contributed by atoms with Crippen molar-refractivity contribution in [3.05, 3.63) is 58.9 Å². The normalized spacial score (nSPS) is 10.6. The van der Waals surface area contributed by atoms with Crippen LogP contribution in [0.25, 0.3) is 0 Å². The van der Waals surface area contributed by atoms with Gasteiger partial charge in [-0.2, -0.15) is 0 Å². The summed E-state index contributed by atoms with van der Waals surface area (Å²) in [6, 6.07) is 12.3. The molecule has 4 nitrogen and oxygen atoms in total. The van der Waals surface area contributed by atoms with E-state index in [-0.39, 0.29) is 5.91 Å². The summed E-state index contributed by atoms with van der Waals surface area (Å²) in [5, 5.41) is 0. The molecule has 0 unspecified atom stereocenters. The van der Waals surface area contributed by atoms with Crippen LogP contribution in [0.2, 0.25) is 0 Å². The number of hydrogen-bond donors (Lipinski definition) is 2. The van der Waals surface area contributed by atoms with Gasteiger partial charge in [-0.05, 0) is 31.0 Å². The van der Waals surface area contributed by atoms with Gasteiger partial charge in [0.1, 0.15) is 5.69 Å². The molecule has 1 aromatic heterocycles. The molecule has 0 aliphatic carbocycles. The van der Waals surface area contributed by atoms with Crippen molar-refractivity contribution in [2.45, 2.75) is 33.2 Å². The number of benzene rings is 1. The molecule has 0 spiro atoms. The van der Waals surface area contributed by atoms with Crippen LogP contribution in [0.15, 0.2) is 36.4 Å². The van der Waals surface area contributed by atoms with Gasteiger partial charge in [-0.15, -0.1) is 0 Å². The Labute approximate surface area is 119 Å². The van der Waals surface area contributed by atoms with Gasteiger partial charge in [0.25, 0.3) is 5.91 Å². The zero-order chi connectivity index (χ0) is 14.5. The number of nitrogens with two attached hydrogens (primary N) is 1. The Kier molecular flexibility index (Phi) is 4.58. The molecule has 0 saturated carbocycles. The molecule has 1 amide bonds. The molecule has 0 aliphatic heterocycles. The Bertz CT molecular complexity index is 584. The number of carbonyl (C=O) groups is 1. The number of aryl methyl sites for hydroxylation is 1. The summed E-state index contributed by atoms with van der Waals surface area (Å²) in [6.07, 6.45) is 1.79. The van der Waals surface area contributed by atoms with Crippen molar-refractivity contribution in [1.29, 1.82) is 0 Å². The highest BCUT2D eigenvalue weighted by atomic mass is 16.2. The first-order valence-corrected chi connectivity index (χ1v) is 6.90. The molecular weight excluding hydrogens is 250 g/mol. The molecule has 0 fully saturated rings. The monoisotopic (exact) mass is 271 g/mol. The molecule has 0 saturated heterocycles. The van der Waals surface area contributed by atoms with Crippen LogP contribution in [-0.2, 0) is 13.0 Å².